The highest BCUT2D eigenvalue weighted by Crippen LogP contribution is 2.38. The molecular formula is C25H27N3O6. The number of carboxylic acid groups (broad SMARTS) is 1. The Morgan fingerprint density at radius 1 is 1.03 bits per heavy atom. The minimum absolute atomic E-state index is 0.0133. The van der Waals surface area contributed by atoms with E-state index in [2.05, 4.69) is 4.98 Å². The smallest absolute Gasteiger partial charge is 0.326 e. The number of carbonyl (C=O) groups excluding carboxylic acids is 1. The van der Waals surface area contributed by atoms with Crippen molar-refractivity contribution in [2.24, 2.45) is 0 Å². The van der Waals surface area contributed by atoms with E-state index in [1.807, 2.05) is 34.9 Å². The molecule has 0 spiro atoms. The van der Waals surface area contributed by atoms with Crippen molar-refractivity contribution in [1.29, 1.82) is 0 Å². The number of ether oxygens (including phenoxy) is 3. The molecule has 1 atom stereocenters. The quantitative estimate of drug-likeness (QED) is 0.545. The van der Waals surface area contributed by atoms with Gasteiger partial charge in [0.1, 0.15) is 6.04 Å². The molecule has 0 radical (unpaired) electrons. The third-order valence-corrected chi connectivity index (χ3v) is 6.00. The molecule has 0 fully saturated rings. The van der Waals surface area contributed by atoms with Crippen molar-refractivity contribution < 1.29 is 28.9 Å². The number of nitrogens with zero attached hydrogens (tertiary/aromatic N) is 3. The number of imidazole rings is 1. The van der Waals surface area contributed by atoms with Crippen LogP contribution in [0.4, 0.5) is 0 Å². The highest BCUT2D eigenvalue weighted by atomic mass is 16.5. The molecule has 1 aliphatic rings. The summed E-state index contributed by atoms with van der Waals surface area (Å²) >= 11 is 0. The van der Waals surface area contributed by atoms with Crippen molar-refractivity contribution in [1.82, 2.24) is 14.5 Å². The summed E-state index contributed by atoms with van der Waals surface area (Å²) in [7, 11) is 4.51. The standard InChI is InChI=1S/C25H27N3O6/c1-32-21-9-17(10-22(33-2)24(21)34-3)11-23(29)28-14-18-19(12-20(28)25(30)31)27(15-26-18)13-16-7-5-4-6-8-16/h4-10,15,20H,11-14H2,1-3H3,(H,30,31)/t20-/m0/s1. The predicted molar refractivity (Wildman–Crippen MR) is 123 cm³/mol. The summed E-state index contributed by atoms with van der Waals surface area (Å²) in [5.74, 6) is -0.0718. The molecule has 0 saturated heterocycles. The minimum Gasteiger partial charge on any atom is -0.493 e. The van der Waals surface area contributed by atoms with Gasteiger partial charge in [0.15, 0.2) is 11.5 Å². The van der Waals surface area contributed by atoms with E-state index in [9.17, 15) is 14.7 Å². The van der Waals surface area contributed by atoms with Crippen molar-refractivity contribution in [2.75, 3.05) is 21.3 Å². The van der Waals surface area contributed by atoms with Crippen LogP contribution in [0.5, 0.6) is 17.2 Å². The second-order valence-corrected chi connectivity index (χ2v) is 8.04. The number of carbonyl (C=O) groups is 2. The number of rotatable bonds is 8. The fourth-order valence-electron chi connectivity index (χ4n) is 4.29. The van der Waals surface area contributed by atoms with Gasteiger partial charge in [0, 0.05) is 18.7 Å². The second kappa shape index (κ2) is 9.86. The number of aromatic nitrogens is 2. The van der Waals surface area contributed by atoms with E-state index in [0.717, 1.165) is 11.3 Å². The number of methoxy groups -OCH3 is 3. The van der Waals surface area contributed by atoms with Gasteiger partial charge in [0.05, 0.1) is 46.3 Å². The third kappa shape index (κ3) is 4.54. The van der Waals surface area contributed by atoms with Gasteiger partial charge in [-0.15, -0.1) is 0 Å². The summed E-state index contributed by atoms with van der Waals surface area (Å²) in [4.78, 5) is 31.3. The molecule has 0 bridgehead atoms. The lowest BCUT2D eigenvalue weighted by molar-refractivity contribution is -0.151. The number of benzene rings is 2. The van der Waals surface area contributed by atoms with Crippen LogP contribution in [0.25, 0.3) is 0 Å². The van der Waals surface area contributed by atoms with Gasteiger partial charge in [-0.3, -0.25) is 4.79 Å². The second-order valence-electron chi connectivity index (χ2n) is 8.04. The predicted octanol–water partition coefficient (Wildman–Crippen LogP) is 2.54. The maximum atomic E-state index is 13.3. The molecule has 2 aromatic carbocycles. The molecule has 1 aromatic heterocycles. The number of amides is 1. The number of aliphatic carboxylic acids is 1. The molecule has 0 saturated carbocycles. The Balaban J connectivity index is 1.58. The lowest BCUT2D eigenvalue weighted by atomic mass is 10.0. The van der Waals surface area contributed by atoms with Crippen LogP contribution >= 0.6 is 0 Å². The van der Waals surface area contributed by atoms with Crippen molar-refractivity contribution in [3.8, 4) is 17.2 Å². The van der Waals surface area contributed by atoms with Crippen molar-refractivity contribution in [3.63, 3.8) is 0 Å². The maximum Gasteiger partial charge on any atom is 0.326 e. The molecule has 9 nitrogen and oxygen atoms in total. The van der Waals surface area contributed by atoms with Crippen LogP contribution < -0.4 is 14.2 Å². The highest BCUT2D eigenvalue weighted by molar-refractivity contribution is 5.86. The molecule has 9 heteroatoms. The first-order valence-electron chi connectivity index (χ1n) is 10.8. The molecular weight excluding hydrogens is 438 g/mol. The van der Waals surface area contributed by atoms with Crippen LogP contribution in [0.3, 0.4) is 0 Å². The van der Waals surface area contributed by atoms with E-state index >= 15 is 0 Å². The summed E-state index contributed by atoms with van der Waals surface area (Å²) in [6.07, 6.45) is 1.89. The highest BCUT2D eigenvalue weighted by Gasteiger charge is 2.37. The first-order valence-corrected chi connectivity index (χ1v) is 10.8. The van der Waals surface area contributed by atoms with E-state index in [-0.39, 0.29) is 25.3 Å². The number of fused-ring (bicyclic) bond motifs is 1. The van der Waals surface area contributed by atoms with E-state index in [1.165, 1.54) is 26.2 Å². The van der Waals surface area contributed by atoms with Gasteiger partial charge in [-0.25, -0.2) is 9.78 Å². The van der Waals surface area contributed by atoms with Gasteiger partial charge >= 0.3 is 5.97 Å². The van der Waals surface area contributed by atoms with Crippen LogP contribution in [0.2, 0.25) is 0 Å². The fraction of sp³-hybridized carbons (Fsp3) is 0.320. The summed E-state index contributed by atoms with van der Waals surface area (Å²) in [6, 6.07) is 12.3. The monoisotopic (exact) mass is 465 g/mol. The van der Waals surface area contributed by atoms with Gasteiger partial charge in [-0.05, 0) is 23.3 Å². The van der Waals surface area contributed by atoms with Crippen LogP contribution in [0, 0.1) is 0 Å². The van der Waals surface area contributed by atoms with Crippen molar-refractivity contribution in [2.45, 2.75) is 32.0 Å². The molecule has 34 heavy (non-hydrogen) atoms. The molecule has 1 N–H and O–H groups in total. The van der Waals surface area contributed by atoms with E-state index in [4.69, 9.17) is 14.2 Å². The topological polar surface area (TPSA) is 103 Å². The average Bonchev–Trinajstić information content (AvgIpc) is 3.24. The van der Waals surface area contributed by atoms with E-state index < -0.39 is 12.0 Å². The Morgan fingerprint density at radius 2 is 1.71 bits per heavy atom. The molecule has 178 valence electrons. The third-order valence-electron chi connectivity index (χ3n) is 6.00. The molecule has 2 heterocycles. The van der Waals surface area contributed by atoms with Crippen LogP contribution in [-0.4, -0.2) is 58.8 Å². The summed E-state index contributed by atoms with van der Waals surface area (Å²) in [5.41, 5.74) is 3.28. The lowest BCUT2D eigenvalue weighted by Crippen LogP contribution is -2.49. The Morgan fingerprint density at radius 3 is 2.29 bits per heavy atom. The molecule has 0 unspecified atom stereocenters. The van der Waals surface area contributed by atoms with E-state index in [1.54, 1.807) is 18.5 Å². The maximum absolute atomic E-state index is 13.3. The van der Waals surface area contributed by atoms with Gasteiger partial charge in [0.25, 0.3) is 0 Å². The molecule has 3 aromatic rings. The zero-order chi connectivity index (χ0) is 24.2. The lowest BCUT2D eigenvalue weighted by Gasteiger charge is -2.33. The summed E-state index contributed by atoms with van der Waals surface area (Å²) in [6.45, 7) is 0.728. The van der Waals surface area contributed by atoms with Crippen LogP contribution in [0.1, 0.15) is 22.5 Å². The Bertz CT molecular complexity index is 1170. The largest absolute Gasteiger partial charge is 0.493 e. The zero-order valence-corrected chi connectivity index (χ0v) is 19.4. The summed E-state index contributed by atoms with van der Waals surface area (Å²) in [5, 5.41) is 9.92. The fourth-order valence-corrected chi connectivity index (χ4v) is 4.29. The average molecular weight is 466 g/mol. The number of carboxylic acids is 1. The first kappa shape index (κ1) is 23.2. The Labute approximate surface area is 197 Å². The number of hydrogen-bond acceptors (Lipinski definition) is 6. The minimum atomic E-state index is -1.05. The van der Waals surface area contributed by atoms with E-state index in [0.29, 0.717) is 35.1 Å². The molecule has 1 aliphatic heterocycles. The van der Waals surface area contributed by atoms with Gasteiger partial charge in [-0.1, -0.05) is 30.3 Å². The first-order chi connectivity index (χ1) is 16.4. The van der Waals surface area contributed by atoms with Gasteiger partial charge in [0.2, 0.25) is 11.7 Å². The van der Waals surface area contributed by atoms with Crippen LogP contribution in [0.15, 0.2) is 48.8 Å². The molecule has 0 aliphatic carbocycles. The zero-order valence-electron chi connectivity index (χ0n) is 19.4. The number of hydrogen-bond donors (Lipinski definition) is 1. The SMILES string of the molecule is COc1cc(CC(=O)N2Cc3ncn(Cc4ccccc4)c3C[C@H]2C(=O)O)cc(OC)c1OC. The van der Waals surface area contributed by atoms with Crippen LogP contribution in [-0.2, 0) is 35.5 Å². The van der Waals surface area contributed by atoms with Crippen molar-refractivity contribution >= 4 is 11.9 Å². The molecule has 1 amide bonds. The van der Waals surface area contributed by atoms with Gasteiger partial charge < -0.3 is 28.8 Å². The van der Waals surface area contributed by atoms with Crippen molar-refractivity contribution in [3.05, 3.63) is 71.3 Å². The summed E-state index contributed by atoms with van der Waals surface area (Å²) < 4.78 is 18.0. The Kier molecular flexibility index (Phi) is 6.72. The molecule has 4 rings (SSSR count). The normalized spacial score (nSPS) is 14.9. The Hall–Kier alpha value is -4.01. The van der Waals surface area contributed by atoms with Gasteiger partial charge in [-0.2, -0.15) is 0 Å².